The van der Waals surface area contributed by atoms with E-state index in [9.17, 15) is 0 Å². The van der Waals surface area contributed by atoms with Crippen molar-refractivity contribution in [2.45, 2.75) is 52.7 Å². The Morgan fingerprint density at radius 3 is 2.79 bits per heavy atom. The number of likely N-dealkylation sites (tertiary alicyclic amines) is 1. The first kappa shape index (κ1) is 14.5. The monoisotopic (exact) mass is 265 g/mol. The summed E-state index contributed by atoms with van der Waals surface area (Å²) in [5.41, 5.74) is 1.14. The molecule has 0 amide bonds. The average Bonchev–Trinajstić information content (AvgIpc) is 2.92. The van der Waals surface area contributed by atoms with E-state index in [2.05, 4.69) is 54.4 Å². The van der Waals surface area contributed by atoms with Crippen LogP contribution in [0.1, 0.15) is 39.8 Å². The topological polar surface area (TPSA) is 46.0 Å². The van der Waals surface area contributed by atoms with Gasteiger partial charge in [0.05, 0.1) is 12.2 Å². The third-order valence-corrected chi connectivity index (χ3v) is 3.54. The molecule has 1 aromatic rings. The van der Waals surface area contributed by atoms with Gasteiger partial charge in [0.25, 0.3) is 0 Å². The van der Waals surface area contributed by atoms with Crippen LogP contribution in [0.25, 0.3) is 0 Å². The second-order valence-electron chi connectivity index (χ2n) is 6.77. The quantitative estimate of drug-likeness (QED) is 0.876. The first-order valence-corrected chi connectivity index (χ1v) is 7.29. The van der Waals surface area contributed by atoms with Crippen LogP contribution in [-0.4, -0.2) is 45.1 Å². The second-order valence-corrected chi connectivity index (χ2v) is 6.77. The van der Waals surface area contributed by atoms with Crippen LogP contribution in [0.5, 0.6) is 0 Å². The fraction of sp³-hybridized carbons (Fsp3) is 0.857. The standard InChI is InChI=1S/C14H27N5/c1-12-5-6-18(10-12)7-8-19-11-13(16-17-19)9-15-14(2,3)4/h11-12,15H,5-10H2,1-4H3. The first-order valence-electron chi connectivity index (χ1n) is 7.29. The Morgan fingerprint density at radius 1 is 1.37 bits per heavy atom. The lowest BCUT2D eigenvalue weighted by atomic mass is 10.1. The molecule has 19 heavy (non-hydrogen) atoms. The van der Waals surface area contributed by atoms with Crippen molar-refractivity contribution >= 4 is 0 Å². The van der Waals surface area contributed by atoms with Crippen LogP contribution in [0.15, 0.2) is 6.20 Å². The van der Waals surface area contributed by atoms with Gasteiger partial charge in [0.15, 0.2) is 0 Å². The fourth-order valence-electron chi connectivity index (χ4n) is 2.36. The summed E-state index contributed by atoms with van der Waals surface area (Å²) in [7, 11) is 0. The summed E-state index contributed by atoms with van der Waals surface area (Å²) in [6.45, 7) is 14.1. The predicted molar refractivity (Wildman–Crippen MR) is 76.8 cm³/mol. The third kappa shape index (κ3) is 4.91. The highest BCUT2D eigenvalue weighted by Crippen LogP contribution is 2.14. The van der Waals surface area contributed by atoms with Gasteiger partial charge in [-0.3, -0.25) is 4.68 Å². The Balaban J connectivity index is 1.74. The fourth-order valence-corrected chi connectivity index (χ4v) is 2.36. The molecule has 1 atom stereocenters. The zero-order chi connectivity index (χ0) is 13.9. The maximum absolute atomic E-state index is 4.21. The molecule has 1 aliphatic heterocycles. The van der Waals surface area contributed by atoms with Crippen LogP contribution in [0.2, 0.25) is 0 Å². The second kappa shape index (κ2) is 6.01. The van der Waals surface area contributed by atoms with Gasteiger partial charge in [0.2, 0.25) is 0 Å². The van der Waals surface area contributed by atoms with E-state index in [0.717, 1.165) is 31.2 Å². The molecular weight excluding hydrogens is 238 g/mol. The maximum Gasteiger partial charge on any atom is 0.0965 e. The van der Waals surface area contributed by atoms with E-state index in [1.54, 1.807) is 0 Å². The molecule has 1 fully saturated rings. The summed E-state index contributed by atoms with van der Waals surface area (Å²) in [5, 5.41) is 11.8. The molecule has 0 aromatic carbocycles. The van der Waals surface area contributed by atoms with Gasteiger partial charge in [0.1, 0.15) is 0 Å². The minimum Gasteiger partial charge on any atom is -0.306 e. The Labute approximate surface area is 116 Å². The Morgan fingerprint density at radius 2 is 2.16 bits per heavy atom. The van der Waals surface area contributed by atoms with Crippen molar-refractivity contribution in [2.24, 2.45) is 5.92 Å². The lowest BCUT2D eigenvalue weighted by Crippen LogP contribution is -2.35. The van der Waals surface area contributed by atoms with Crippen LogP contribution in [-0.2, 0) is 13.1 Å². The van der Waals surface area contributed by atoms with Crippen LogP contribution < -0.4 is 5.32 Å². The van der Waals surface area contributed by atoms with Gasteiger partial charge in [-0.15, -0.1) is 5.10 Å². The number of nitrogens with one attached hydrogen (secondary N) is 1. The van der Waals surface area contributed by atoms with Crippen molar-refractivity contribution in [3.05, 3.63) is 11.9 Å². The molecule has 1 N–H and O–H groups in total. The number of nitrogens with zero attached hydrogens (tertiary/aromatic N) is 4. The average molecular weight is 265 g/mol. The molecule has 0 bridgehead atoms. The molecule has 1 unspecified atom stereocenters. The molecule has 0 saturated carbocycles. The van der Waals surface area contributed by atoms with Gasteiger partial charge in [-0.05, 0) is 39.7 Å². The number of rotatable bonds is 5. The first-order chi connectivity index (χ1) is 8.92. The van der Waals surface area contributed by atoms with Crippen LogP contribution in [0.4, 0.5) is 0 Å². The summed E-state index contributed by atoms with van der Waals surface area (Å²) < 4.78 is 1.96. The highest BCUT2D eigenvalue weighted by atomic mass is 15.4. The number of aromatic nitrogens is 3. The highest BCUT2D eigenvalue weighted by Gasteiger charge is 2.18. The lowest BCUT2D eigenvalue weighted by Gasteiger charge is -2.19. The molecule has 0 aliphatic carbocycles. The Hall–Kier alpha value is -0.940. The van der Waals surface area contributed by atoms with E-state index < -0.39 is 0 Å². The smallest absolute Gasteiger partial charge is 0.0965 e. The highest BCUT2D eigenvalue weighted by molar-refractivity contribution is 4.93. The summed E-state index contributed by atoms with van der Waals surface area (Å²) in [6.07, 6.45) is 3.39. The van der Waals surface area contributed by atoms with Crippen molar-refractivity contribution in [3.63, 3.8) is 0 Å². The van der Waals surface area contributed by atoms with Crippen LogP contribution in [0, 0.1) is 5.92 Å². The summed E-state index contributed by atoms with van der Waals surface area (Å²) in [4.78, 5) is 2.51. The molecule has 5 heteroatoms. The molecule has 0 spiro atoms. The number of hydrogen-bond acceptors (Lipinski definition) is 4. The van der Waals surface area contributed by atoms with Crippen molar-refractivity contribution in [1.82, 2.24) is 25.2 Å². The third-order valence-electron chi connectivity index (χ3n) is 3.54. The van der Waals surface area contributed by atoms with E-state index in [4.69, 9.17) is 0 Å². The molecule has 1 aliphatic rings. The summed E-state index contributed by atoms with van der Waals surface area (Å²) in [6, 6.07) is 0. The van der Waals surface area contributed by atoms with E-state index in [-0.39, 0.29) is 5.54 Å². The Bertz CT molecular complexity index is 393. The van der Waals surface area contributed by atoms with E-state index >= 15 is 0 Å². The minimum atomic E-state index is 0.121. The molecule has 2 heterocycles. The zero-order valence-electron chi connectivity index (χ0n) is 12.7. The molecule has 1 saturated heterocycles. The maximum atomic E-state index is 4.21. The van der Waals surface area contributed by atoms with Crippen molar-refractivity contribution in [1.29, 1.82) is 0 Å². The van der Waals surface area contributed by atoms with Crippen LogP contribution >= 0.6 is 0 Å². The van der Waals surface area contributed by atoms with Crippen molar-refractivity contribution in [3.8, 4) is 0 Å². The zero-order valence-corrected chi connectivity index (χ0v) is 12.7. The van der Waals surface area contributed by atoms with Gasteiger partial charge in [-0.2, -0.15) is 0 Å². The van der Waals surface area contributed by atoms with E-state index in [0.29, 0.717) is 0 Å². The van der Waals surface area contributed by atoms with Gasteiger partial charge in [0, 0.05) is 31.4 Å². The largest absolute Gasteiger partial charge is 0.306 e. The van der Waals surface area contributed by atoms with Gasteiger partial charge in [-0.25, -0.2) is 0 Å². The van der Waals surface area contributed by atoms with E-state index in [1.165, 1.54) is 19.5 Å². The minimum absolute atomic E-state index is 0.121. The molecule has 1 aromatic heterocycles. The predicted octanol–water partition coefficient (Wildman–Crippen LogP) is 1.51. The number of hydrogen-bond donors (Lipinski definition) is 1. The molecular formula is C14H27N5. The molecule has 0 radical (unpaired) electrons. The van der Waals surface area contributed by atoms with Gasteiger partial charge < -0.3 is 10.2 Å². The van der Waals surface area contributed by atoms with E-state index in [1.807, 2.05) is 4.68 Å². The van der Waals surface area contributed by atoms with Crippen molar-refractivity contribution in [2.75, 3.05) is 19.6 Å². The molecule has 2 rings (SSSR count). The van der Waals surface area contributed by atoms with Crippen LogP contribution in [0.3, 0.4) is 0 Å². The van der Waals surface area contributed by atoms with Gasteiger partial charge >= 0.3 is 0 Å². The lowest BCUT2D eigenvalue weighted by molar-refractivity contribution is 0.305. The molecule has 5 nitrogen and oxygen atoms in total. The van der Waals surface area contributed by atoms with Gasteiger partial charge in [-0.1, -0.05) is 12.1 Å². The normalized spacial score (nSPS) is 21.2. The van der Waals surface area contributed by atoms with Crippen molar-refractivity contribution < 1.29 is 0 Å². The summed E-state index contributed by atoms with van der Waals surface area (Å²) >= 11 is 0. The SMILES string of the molecule is CC1CCN(CCn2cc(CNC(C)(C)C)nn2)C1. The molecule has 108 valence electrons. The summed E-state index contributed by atoms with van der Waals surface area (Å²) in [5.74, 6) is 0.849. The Kier molecular flexibility index (Phi) is 4.58.